The summed E-state index contributed by atoms with van der Waals surface area (Å²) >= 11 is 0. The van der Waals surface area contributed by atoms with Crippen molar-refractivity contribution in [2.24, 2.45) is 0 Å². The van der Waals surface area contributed by atoms with Gasteiger partial charge in [0.1, 0.15) is 5.69 Å². The Morgan fingerprint density at radius 3 is 2.27 bits per heavy atom. The highest BCUT2D eigenvalue weighted by Gasteiger charge is 2.16. The van der Waals surface area contributed by atoms with Crippen LogP contribution >= 0.6 is 0 Å². The molecule has 7 nitrogen and oxygen atoms in total. The van der Waals surface area contributed by atoms with E-state index < -0.39 is 11.9 Å². The molecule has 0 aliphatic carbocycles. The van der Waals surface area contributed by atoms with E-state index in [9.17, 15) is 14.7 Å². The Labute approximate surface area is 123 Å². The number of aromatic nitrogens is 3. The number of carboxylic acids is 2. The van der Waals surface area contributed by atoms with Crippen molar-refractivity contribution in [3.63, 3.8) is 0 Å². The highest BCUT2D eigenvalue weighted by molar-refractivity contribution is 5.98. The summed E-state index contributed by atoms with van der Waals surface area (Å²) in [5.41, 5.74) is 1.76. The molecule has 0 bridgehead atoms. The van der Waals surface area contributed by atoms with Gasteiger partial charge in [-0.2, -0.15) is 0 Å². The molecule has 2 N–H and O–H groups in total. The minimum atomic E-state index is -1.22. The zero-order valence-electron chi connectivity index (χ0n) is 11.1. The maximum Gasteiger partial charge on any atom is 0.354 e. The summed E-state index contributed by atoms with van der Waals surface area (Å²) in [6.45, 7) is 0. The number of nitrogens with zero attached hydrogens (tertiary/aromatic N) is 3. The fraction of sp³-hybridized carbons (Fsp3) is 0. The quantitative estimate of drug-likeness (QED) is 0.760. The average molecular weight is 295 g/mol. The van der Waals surface area contributed by atoms with Crippen LogP contribution < -0.4 is 0 Å². The molecule has 0 aliphatic rings. The second kappa shape index (κ2) is 5.21. The van der Waals surface area contributed by atoms with E-state index in [0.717, 1.165) is 6.20 Å². The Morgan fingerprint density at radius 1 is 0.864 bits per heavy atom. The van der Waals surface area contributed by atoms with Crippen LogP contribution in [0.3, 0.4) is 0 Å². The molecule has 0 atom stereocenters. The van der Waals surface area contributed by atoms with Crippen LogP contribution in [0.5, 0.6) is 0 Å². The van der Waals surface area contributed by atoms with Crippen molar-refractivity contribution in [2.75, 3.05) is 0 Å². The monoisotopic (exact) mass is 295 g/mol. The minimum Gasteiger partial charge on any atom is -0.478 e. The van der Waals surface area contributed by atoms with Gasteiger partial charge in [0, 0.05) is 24.2 Å². The lowest BCUT2D eigenvalue weighted by atomic mass is 10.00. The third-order valence-electron chi connectivity index (χ3n) is 3.13. The molecule has 0 saturated carbocycles. The Balaban J connectivity index is 2.25. The van der Waals surface area contributed by atoms with Crippen LogP contribution in [-0.2, 0) is 0 Å². The van der Waals surface area contributed by atoms with Crippen LogP contribution in [0.25, 0.3) is 22.2 Å². The van der Waals surface area contributed by atoms with Crippen LogP contribution in [0.1, 0.15) is 20.8 Å². The number of rotatable bonds is 3. The molecule has 0 amide bonds. The molecule has 2 aromatic heterocycles. The van der Waals surface area contributed by atoms with E-state index in [1.807, 2.05) is 0 Å². The van der Waals surface area contributed by atoms with Gasteiger partial charge in [-0.15, -0.1) is 0 Å². The number of hydrogen-bond donors (Lipinski definition) is 2. The van der Waals surface area contributed by atoms with E-state index >= 15 is 0 Å². The van der Waals surface area contributed by atoms with Gasteiger partial charge in [-0.3, -0.25) is 9.97 Å². The smallest absolute Gasteiger partial charge is 0.354 e. The Bertz CT molecular complexity index is 908. The van der Waals surface area contributed by atoms with Gasteiger partial charge >= 0.3 is 11.9 Å². The molecule has 0 spiro atoms. The van der Waals surface area contributed by atoms with Crippen molar-refractivity contribution < 1.29 is 19.8 Å². The second-order valence-corrected chi connectivity index (χ2v) is 4.49. The molecule has 0 radical (unpaired) electrons. The third-order valence-corrected chi connectivity index (χ3v) is 3.13. The molecule has 3 aromatic rings. The van der Waals surface area contributed by atoms with Crippen LogP contribution in [0.15, 0.2) is 42.9 Å². The van der Waals surface area contributed by atoms with Crippen molar-refractivity contribution in [3.8, 4) is 11.1 Å². The first-order valence-electron chi connectivity index (χ1n) is 6.24. The van der Waals surface area contributed by atoms with Gasteiger partial charge in [-0.25, -0.2) is 14.6 Å². The number of fused-ring (bicyclic) bond motifs is 1. The van der Waals surface area contributed by atoms with Gasteiger partial charge in [0.15, 0.2) is 0 Å². The summed E-state index contributed by atoms with van der Waals surface area (Å²) in [6, 6.07) is 6.27. The first kappa shape index (κ1) is 13.6. The molecule has 3 rings (SSSR count). The third kappa shape index (κ3) is 2.35. The molecule has 1 aromatic carbocycles. The van der Waals surface area contributed by atoms with Crippen LogP contribution in [0, 0.1) is 0 Å². The summed E-state index contributed by atoms with van der Waals surface area (Å²) < 4.78 is 0. The van der Waals surface area contributed by atoms with Crippen LogP contribution in [0.4, 0.5) is 0 Å². The topological polar surface area (TPSA) is 113 Å². The molecule has 7 heteroatoms. The lowest BCUT2D eigenvalue weighted by Gasteiger charge is -2.08. The molecule has 108 valence electrons. The van der Waals surface area contributed by atoms with Gasteiger partial charge in [0.05, 0.1) is 16.6 Å². The van der Waals surface area contributed by atoms with E-state index in [-0.39, 0.29) is 16.8 Å². The van der Waals surface area contributed by atoms with Crippen molar-refractivity contribution in [1.82, 2.24) is 15.0 Å². The van der Waals surface area contributed by atoms with Gasteiger partial charge in [-0.05, 0) is 23.8 Å². The Hall–Kier alpha value is -3.35. The lowest BCUT2D eigenvalue weighted by Crippen LogP contribution is -2.06. The standard InChI is InChI=1S/C15H9N3O4/c19-14(20)10-7-18-13(15(21)22)6-9(10)8-1-2-11-12(5-8)17-4-3-16-11/h1-7H,(H,19,20)(H,21,22). The number of benzene rings is 1. The number of hydrogen-bond acceptors (Lipinski definition) is 5. The highest BCUT2D eigenvalue weighted by atomic mass is 16.4. The number of carboxylic acid groups (broad SMARTS) is 2. The number of aromatic carboxylic acids is 2. The average Bonchev–Trinajstić information content (AvgIpc) is 2.53. The minimum absolute atomic E-state index is 0.0757. The van der Waals surface area contributed by atoms with Crippen LogP contribution in [0.2, 0.25) is 0 Å². The Morgan fingerprint density at radius 2 is 1.59 bits per heavy atom. The summed E-state index contributed by atoms with van der Waals surface area (Å²) in [7, 11) is 0. The fourth-order valence-electron chi connectivity index (χ4n) is 2.11. The molecule has 22 heavy (non-hydrogen) atoms. The SMILES string of the molecule is O=C(O)c1cc(-c2ccc3nccnc3c2)c(C(=O)O)cn1. The second-order valence-electron chi connectivity index (χ2n) is 4.49. The van der Waals surface area contributed by atoms with Gasteiger partial charge < -0.3 is 10.2 Å². The van der Waals surface area contributed by atoms with E-state index in [4.69, 9.17) is 5.11 Å². The molecule has 0 unspecified atom stereocenters. The molecule has 2 heterocycles. The lowest BCUT2D eigenvalue weighted by molar-refractivity contribution is 0.0676. The predicted octanol–water partition coefficient (Wildman–Crippen LogP) is 2.09. The zero-order valence-corrected chi connectivity index (χ0v) is 11.1. The van der Waals surface area contributed by atoms with Crippen LogP contribution in [-0.4, -0.2) is 37.1 Å². The van der Waals surface area contributed by atoms with E-state index in [2.05, 4.69) is 15.0 Å². The van der Waals surface area contributed by atoms with Gasteiger partial charge in [-0.1, -0.05) is 6.07 Å². The summed E-state index contributed by atoms with van der Waals surface area (Å²) in [4.78, 5) is 34.3. The normalized spacial score (nSPS) is 10.5. The molecular formula is C15H9N3O4. The van der Waals surface area contributed by atoms with Crippen molar-refractivity contribution >= 4 is 23.0 Å². The largest absolute Gasteiger partial charge is 0.478 e. The number of carbonyl (C=O) groups is 2. The molecule has 0 aliphatic heterocycles. The van der Waals surface area contributed by atoms with Gasteiger partial charge in [0.25, 0.3) is 0 Å². The molecular weight excluding hydrogens is 286 g/mol. The van der Waals surface area contributed by atoms with Crippen molar-refractivity contribution in [2.45, 2.75) is 0 Å². The summed E-state index contributed by atoms with van der Waals surface area (Å²) in [5.74, 6) is -2.41. The van der Waals surface area contributed by atoms with Crippen molar-refractivity contribution in [1.29, 1.82) is 0 Å². The van der Waals surface area contributed by atoms with E-state index in [0.29, 0.717) is 16.6 Å². The Kier molecular flexibility index (Phi) is 3.23. The van der Waals surface area contributed by atoms with E-state index in [1.165, 1.54) is 12.3 Å². The van der Waals surface area contributed by atoms with E-state index in [1.54, 1.807) is 24.4 Å². The first-order chi connectivity index (χ1) is 10.6. The summed E-state index contributed by atoms with van der Waals surface area (Å²) in [5, 5.41) is 18.3. The maximum absolute atomic E-state index is 11.3. The molecule has 0 fully saturated rings. The first-order valence-corrected chi connectivity index (χ1v) is 6.24. The maximum atomic E-state index is 11.3. The molecule has 0 saturated heterocycles. The summed E-state index contributed by atoms with van der Waals surface area (Å²) in [6.07, 6.45) is 4.13. The highest BCUT2D eigenvalue weighted by Crippen LogP contribution is 2.26. The fourth-order valence-corrected chi connectivity index (χ4v) is 2.11. The zero-order chi connectivity index (χ0) is 15.7. The van der Waals surface area contributed by atoms with Gasteiger partial charge in [0.2, 0.25) is 0 Å². The predicted molar refractivity (Wildman–Crippen MR) is 76.7 cm³/mol. The van der Waals surface area contributed by atoms with Crippen molar-refractivity contribution in [3.05, 3.63) is 54.1 Å². The number of pyridine rings is 1.